The summed E-state index contributed by atoms with van der Waals surface area (Å²) in [6, 6.07) is 12.8. The van der Waals surface area contributed by atoms with Crippen LogP contribution in [0.3, 0.4) is 0 Å². The first-order valence-corrected chi connectivity index (χ1v) is 11.6. The first-order chi connectivity index (χ1) is 17.8. The average molecular weight is 530 g/mol. The van der Waals surface area contributed by atoms with Gasteiger partial charge in [0.15, 0.2) is 5.89 Å². The molecule has 1 amide bonds. The van der Waals surface area contributed by atoms with Crippen molar-refractivity contribution in [2.24, 2.45) is 5.73 Å². The van der Waals surface area contributed by atoms with E-state index < -0.39 is 23.6 Å². The summed E-state index contributed by atoms with van der Waals surface area (Å²) >= 11 is 0. The van der Waals surface area contributed by atoms with Crippen molar-refractivity contribution in [3.05, 3.63) is 82.9 Å². The van der Waals surface area contributed by atoms with Gasteiger partial charge in [-0.2, -0.15) is 0 Å². The van der Waals surface area contributed by atoms with E-state index in [1.165, 1.54) is 17.0 Å². The summed E-state index contributed by atoms with van der Waals surface area (Å²) in [6.45, 7) is 5.22. The number of benzene rings is 2. The Morgan fingerprint density at radius 2 is 1.79 bits per heavy atom. The third kappa shape index (κ3) is 6.20. The maximum absolute atomic E-state index is 13.1. The number of carbonyl (C=O) groups is 1. The number of oxazole rings is 1. The van der Waals surface area contributed by atoms with Crippen molar-refractivity contribution in [1.29, 1.82) is 0 Å². The molecule has 0 aliphatic carbocycles. The van der Waals surface area contributed by atoms with Gasteiger partial charge in [0.2, 0.25) is 5.89 Å². The molecule has 2 aromatic heterocycles. The largest absolute Gasteiger partial charge is 0.573 e. The van der Waals surface area contributed by atoms with Crippen molar-refractivity contribution in [3.8, 4) is 17.2 Å². The number of ether oxygens (including phenoxy) is 1. The molecular weight excluding hydrogens is 503 g/mol. The molecule has 0 spiro atoms. The first kappa shape index (κ1) is 26.9. The van der Waals surface area contributed by atoms with Crippen LogP contribution in [-0.2, 0) is 18.5 Å². The van der Waals surface area contributed by atoms with E-state index in [4.69, 9.17) is 14.6 Å². The molecule has 0 aliphatic heterocycles. The molecule has 0 aliphatic rings. The van der Waals surface area contributed by atoms with E-state index >= 15 is 0 Å². The molecule has 4 rings (SSSR count). The second kappa shape index (κ2) is 10.3. The topological polar surface area (TPSA) is 121 Å². The van der Waals surface area contributed by atoms with Crippen LogP contribution in [0.5, 0.6) is 5.75 Å². The third-order valence-corrected chi connectivity index (χ3v) is 5.74. The highest BCUT2D eigenvalue weighted by molar-refractivity contribution is 5.95. The molecule has 0 radical (unpaired) electrons. The summed E-state index contributed by atoms with van der Waals surface area (Å²) < 4.78 is 54.7. The van der Waals surface area contributed by atoms with E-state index in [-0.39, 0.29) is 29.5 Å². The average Bonchev–Trinajstić information content (AvgIpc) is 3.45. The van der Waals surface area contributed by atoms with Gasteiger partial charge in [-0.3, -0.25) is 4.79 Å². The van der Waals surface area contributed by atoms with Crippen molar-refractivity contribution in [3.63, 3.8) is 0 Å². The van der Waals surface area contributed by atoms with Crippen LogP contribution in [0.2, 0.25) is 0 Å². The molecule has 0 unspecified atom stereocenters. The first-order valence-electron chi connectivity index (χ1n) is 11.6. The van der Waals surface area contributed by atoms with E-state index in [0.717, 1.165) is 11.6 Å². The Labute approximate surface area is 216 Å². The molecule has 1 atom stereocenters. The zero-order valence-electron chi connectivity index (χ0n) is 21.2. The second-order valence-corrected chi connectivity index (χ2v) is 9.15. The molecule has 0 saturated carbocycles. The summed E-state index contributed by atoms with van der Waals surface area (Å²) in [5.41, 5.74) is 6.66. The Bertz CT molecular complexity index is 1430. The Morgan fingerprint density at radius 1 is 1.08 bits per heavy atom. The molecule has 2 heterocycles. The van der Waals surface area contributed by atoms with Crippen LogP contribution in [0.25, 0.3) is 11.5 Å². The predicted molar refractivity (Wildman–Crippen MR) is 130 cm³/mol. The normalized spacial score (nSPS) is 13.3. The number of hydrogen-bond donors (Lipinski definition) is 1. The van der Waals surface area contributed by atoms with Gasteiger partial charge in [-0.05, 0) is 44.0 Å². The Morgan fingerprint density at radius 3 is 2.42 bits per heavy atom. The van der Waals surface area contributed by atoms with Crippen LogP contribution in [0.1, 0.15) is 46.1 Å². The number of rotatable bonds is 8. The van der Waals surface area contributed by atoms with Gasteiger partial charge >= 0.3 is 6.36 Å². The highest BCUT2D eigenvalue weighted by Gasteiger charge is 2.34. The van der Waals surface area contributed by atoms with E-state index in [2.05, 4.69) is 19.9 Å². The molecule has 200 valence electrons. The summed E-state index contributed by atoms with van der Waals surface area (Å²) in [5.74, 6) is -0.311. The number of aromatic nitrogens is 3. The zero-order chi connectivity index (χ0) is 27.7. The Hall–Kier alpha value is -4.19. The molecule has 2 N–H and O–H groups in total. The molecule has 4 aromatic rings. The van der Waals surface area contributed by atoms with Gasteiger partial charge < -0.3 is 24.2 Å². The minimum atomic E-state index is -4.99. The molecule has 0 saturated heterocycles. The van der Waals surface area contributed by atoms with Crippen molar-refractivity contribution >= 4 is 5.91 Å². The lowest BCUT2D eigenvalue weighted by atomic mass is 9.94. The van der Waals surface area contributed by atoms with Crippen molar-refractivity contribution in [1.82, 2.24) is 20.1 Å². The minimum Gasteiger partial charge on any atom is -0.446 e. The van der Waals surface area contributed by atoms with Gasteiger partial charge in [0.05, 0.1) is 17.6 Å². The molecule has 12 heteroatoms. The fourth-order valence-electron chi connectivity index (χ4n) is 3.94. The standard InChI is InChI=1S/C26H26F3N5O4/c1-15-20(31-16(2)36-15)14-34(4)23(35)18-10-11-21(38-26(27,28)29)19(12-18)22-32-33-24(37-22)25(3,30)13-17-8-6-5-7-9-17/h5-12H,13-14,30H2,1-4H3/t25-/m1/s1. The third-order valence-electron chi connectivity index (χ3n) is 5.74. The number of nitrogens with two attached hydrogens (primary N) is 1. The SMILES string of the molecule is Cc1nc(CN(C)C(=O)c2ccc(OC(F)(F)F)c(-c3nnc([C@](C)(N)Cc4ccccc4)o3)c2)c(C)o1. The molecule has 9 nitrogen and oxygen atoms in total. The highest BCUT2D eigenvalue weighted by atomic mass is 19.4. The fourth-order valence-corrected chi connectivity index (χ4v) is 3.94. The number of alkyl halides is 3. The monoisotopic (exact) mass is 529 g/mol. The number of halogens is 3. The van der Waals surface area contributed by atoms with Crippen molar-refractivity contribution in [2.45, 2.75) is 45.6 Å². The van der Waals surface area contributed by atoms with Gasteiger partial charge in [0.1, 0.15) is 17.2 Å². The minimum absolute atomic E-state index is 0.0139. The zero-order valence-corrected chi connectivity index (χ0v) is 21.2. The van der Waals surface area contributed by atoms with Crippen LogP contribution in [-0.4, -0.2) is 39.4 Å². The number of aryl methyl sites for hydroxylation is 2. The highest BCUT2D eigenvalue weighted by Crippen LogP contribution is 2.35. The van der Waals surface area contributed by atoms with Gasteiger partial charge in [-0.25, -0.2) is 4.98 Å². The molecule has 0 fully saturated rings. The quantitative estimate of drug-likeness (QED) is 0.341. The number of amides is 1. The van der Waals surface area contributed by atoms with E-state index in [9.17, 15) is 18.0 Å². The van der Waals surface area contributed by atoms with Crippen LogP contribution in [0.15, 0.2) is 57.4 Å². The summed E-state index contributed by atoms with van der Waals surface area (Å²) in [6.07, 6.45) is -4.65. The van der Waals surface area contributed by atoms with Crippen LogP contribution in [0, 0.1) is 13.8 Å². The lowest BCUT2D eigenvalue weighted by molar-refractivity contribution is -0.274. The summed E-state index contributed by atoms with van der Waals surface area (Å²) in [7, 11) is 1.54. The van der Waals surface area contributed by atoms with E-state index in [1.807, 2.05) is 30.3 Å². The maximum atomic E-state index is 13.1. The molecular formula is C26H26F3N5O4. The lowest BCUT2D eigenvalue weighted by Crippen LogP contribution is -2.35. The Balaban J connectivity index is 1.65. The van der Waals surface area contributed by atoms with E-state index in [0.29, 0.717) is 23.8 Å². The lowest BCUT2D eigenvalue weighted by Gasteiger charge is -2.20. The fraction of sp³-hybridized carbons (Fsp3) is 0.308. The smallest absolute Gasteiger partial charge is 0.446 e. The number of nitrogens with zero attached hydrogens (tertiary/aromatic N) is 4. The van der Waals surface area contributed by atoms with E-state index in [1.54, 1.807) is 27.8 Å². The van der Waals surface area contributed by atoms with Crippen LogP contribution in [0.4, 0.5) is 13.2 Å². The molecule has 38 heavy (non-hydrogen) atoms. The number of carbonyl (C=O) groups excluding carboxylic acids is 1. The summed E-state index contributed by atoms with van der Waals surface area (Å²) in [4.78, 5) is 18.7. The van der Waals surface area contributed by atoms with Crippen molar-refractivity contribution in [2.75, 3.05) is 7.05 Å². The molecule has 0 bridgehead atoms. The van der Waals surface area contributed by atoms with Crippen molar-refractivity contribution < 1.29 is 31.5 Å². The predicted octanol–water partition coefficient (Wildman–Crippen LogP) is 4.93. The van der Waals surface area contributed by atoms with Crippen LogP contribution >= 0.6 is 0 Å². The summed E-state index contributed by atoms with van der Waals surface area (Å²) in [5, 5.41) is 7.90. The van der Waals surface area contributed by atoms with Crippen LogP contribution < -0.4 is 10.5 Å². The second-order valence-electron chi connectivity index (χ2n) is 9.15. The number of hydrogen-bond acceptors (Lipinski definition) is 8. The maximum Gasteiger partial charge on any atom is 0.573 e. The molecule has 2 aromatic carbocycles. The van der Waals surface area contributed by atoms with Gasteiger partial charge in [0, 0.05) is 19.5 Å². The van der Waals surface area contributed by atoms with Gasteiger partial charge in [-0.15, -0.1) is 23.4 Å². The van der Waals surface area contributed by atoms with Gasteiger partial charge in [0.25, 0.3) is 11.8 Å². The Kier molecular flexibility index (Phi) is 7.27. The van der Waals surface area contributed by atoms with Gasteiger partial charge in [-0.1, -0.05) is 30.3 Å².